The van der Waals surface area contributed by atoms with Gasteiger partial charge in [0.05, 0.1) is 18.0 Å². The van der Waals surface area contributed by atoms with Gasteiger partial charge in [-0.25, -0.2) is 13.8 Å². The highest BCUT2D eigenvalue weighted by Crippen LogP contribution is 2.21. The van der Waals surface area contributed by atoms with Crippen molar-refractivity contribution in [2.45, 2.75) is 32.4 Å². The summed E-state index contributed by atoms with van der Waals surface area (Å²) in [4.78, 5) is 17.9. The molecule has 1 aromatic heterocycles. The van der Waals surface area contributed by atoms with E-state index < -0.39 is 17.7 Å². The molecule has 7 heteroatoms. The lowest BCUT2D eigenvalue weighted by molar-refractivity contribution is 0.144. The second-order valence-electron chi connectivity index (χ2n) is 6.63. The van der Waals surface area contributed by atoms with Crippen LogP contribution in [0.2, 0.25) is 0 Å². The van der Waals surface area contributed by atoms with Crippen molar-refractivity contribution >= 4 is 0 Å². The molecule has 1 aromatic carbocycles. The third kappa shape index (κ3) is 4.52. The fourth-order valence-electron chi connectivity index (χ4n) is 3.24. The van der Waals surface area contributed by atoms with E-state index in [1.54, 1.807) is 0 Å². The maximum absolute atomic E-state index is 12.6. The van der Waals surface area contributed by atoms with E-state index in [2.05, 4.69) is 16.0 Å². The Balaban J connectivity index is 1.52. The largest absolute Gasteiger partial charge is 0.299 e. The number of hydrogen-bond acceptors (Lipinski definition) is 4. The summed E-state index contributed by atoms with van der Waals surface area (Å²) in [6, 6.07) is 10.6. The molecule has 136 valence electrons. The van der Waals surface area contributed by atoms with E-state index >= 15 is 0 Å². The van der Waals surface area contributed by atoms with E-state index in [1.807, 2.05) is 24.3 Å². The van der Waals surface area contributed by atoms with Crippen LogP contribution < -0.4 is 5.56 Å². The molecule has 1 aliphatic heterocycles. The maximum Gasteiger partial charge on any atom is 0.280 e. The average Bonchev–Trinajstić information content (AvgIpc) is 2.65. The molecule has 5 nitrogen and oxygen atoms in total. The van der Waals surface area contributed by atoms with Gasteiger partial charge in [-0.15, -0.1) is 0 Å². The fourth-order valence-corrected chi connectivity index (χ4v) is 3.24. The molecule has 3 rings (SSSR count). The second kappa shape index (κ2) is 8.19. The van der Waals surface area contributed by atoms with Crippen molar-refractivity contribution in [1.29, 1.82) is 5.26 Å². The first kappa shape index (κ1) is 18.2. The lowest BCUT2D eigenvalue weighted by Gasteiger charge is -2.32. The van der Waals surface area contributed by atoms with Gasteiger partial charge in [-0.1, -0.05) is 12.1 Å². The normalized spacial score (nSPS) is 15.9. The van der Waals surface area contributed by atoms with Gasteiger partial charge in [-0.05, 0) is 49.5 Å². The highest BCUT2D eigenvalue weighted by atomic mass is 19.3. The van der Waals surface area contributed by atoms with Gasteiger partial charge in [0.25, 0.3) is 12.0 Å². The maximum atomic E-state index is 12.6. The molecule has 2 heterocycles. The van der Waals surface area contributed by atoms with E-state index in [1.165, 1.54) is 16.5 Å². The average molecular weight is 358 g/mol. The zero-order valence-corrected chi connectivity index (χ0v) is 14.3. The number of piperidine rings is 1. The third-order valence-corrected chi connectivity index (χ3v) is 4.78. The second-order valence-corrected chi connectivity index (χ2v) is 6.63. The molecule has 1 saturated heterocycles. The van der Waals surface area contributed by atoms with E-state index in [9.17, 15) is 13.6 Å². The summed E-state index contributed by atoms with van der Waals surface area (Å²) >= 11 is 0. The minimum Gasteiger partial charge on any atom is -0.299 e. The summed E-state index contributed by atoms with van der Waals surface area (Å²) in [5.74, 6) is 0.337. The Kier molecular flexibility index (Phi) is 5.74. The first-order chi connectivity index (χ1) is 12.5. The lowest BCUT2D eigenvalue weighted by atomic mass is 9.96. The number of nitriles is 1. The number of aromatic nitrogens is 2. The van der Waals surface area contributed by atoms with E-state index in [-0.39, 0.29) is 0 Å². The topological polar surface area (TPSA) is 61.9 Å². The van der Waals surface area contributed by atoms with Crippen molar-refractivity contribution in [3.63, 3.8) is 0 Å². The molecule has 0 radical (unpaired) electrons. The molecular weight excluding hydrogens is 338 g/mol. The predicted molar refractivity (Wildman–Crippen MR) is 92.6 cm³/mol. The molecule has 0 aliphatic carbocycles. The zero-order chi connectivity index (χ0) is 18.5. The molecule has 1 aliphatic rings. The number of alkyl halides is 2. The number of likely N-dealkylation sites (tertiary alicyclic amines) is 1. The molecule has 0 unspecified atom stereocenters. The summed E-state index contributed by atoms with van der Waals surface area (Å²) in [7, 11) is 0. The van der Waals surface area contributed by atoms with Crippen molar-refractivity contribution < 1.29 is 8.78 Å². The van der Waals surface area contributed by atoms with Crippen LogP contribution in [0, 0.1) is 17.2 Å². The van der Waals surface area contributed by atoms with Crippen LogP contribution in [0.15, 0.2) is 41.5 Å². The number of nitrogens with zero attached hydrogens (tertiary/aromatic N) is 4. The minimum atomic E-state index is -2.72. The molecule has 0 amide bonds. The molecule has 0 bridgehead atoms. The van der Waals surface area contributed by atoms with Crippen LogP contribution in [-0.2, 0) is 13.1 Å². The van der Waals surface area contributed by atoms with Crippen LogP contribution in [0.5, 0.6) is 0 Å². The summed E-state index contributed by atoms with van der Waals surface area (Å²) in [6.07, 6.45) is 0.397. The van der Waals surface area contributed by atoms with Gasteiger partial charge in [0.1, 0.15) is 5.69 Å². The van der Waals surface area contributed by atoms with Crippen molar-refractivity contribution in [3.8, 4) is 6.07 Å². The lowest BCUT2D eigenvalue weighted by Crippen LogP contribution is -2.36. The highest BCUT2D eigenvalue weighted by molar-refractivity contribution is 5.31. The number of hydrogen-bond donors (Lipinski definition) is 0. The molecule has 0 spiro atoms. The Morgan fingerprint density at radius 1 is 1.23 bits per heavy atom. The molecule has 26 heavy (non-hydrogen) atoms. The molecule has 0 N–H and O–H groups in total. The van der Waals surface area contributed by atoms with Gasteiger partial charge in [-0.2, -0.15) is 5.26 Å². The number of benzene rings is 1. The molecule has 0 atom stereocenters. The van der Waals surface area contributed by atoms with Gasteiger partial charge in [0.2, 0.25) is 0 Å². The van der Waals surface area contributed by atoms with Crippen LogP contribution in [0.4, 0.5) is 8.78 Å². The SMILES string of the molecule is N#Cc1ccc(CN2CCC(Cn3cnc(C(F)F)cc3=O)CC2)cc1. The van der Waals surface area contributed by atoms with Gasteiger partial charge in [-0.3, -0.25) is 14.3 Å². The predicted octanol–water partition coefficient (Wildman–Crippen LogP) is 2.96. The third-order valence-electron chi connectivity index (χ3n) is 4.78. The summed E-state index contributed by atoms with van der Waals surface area (Å²) in [5, 5.41) is 8.84. The van der Waals surface area contributed by atoms with Gasteiger partial charge < -0.3 is 0 Å². The summed E-state index contributed by atoms with van der Waals surface area (Å²) < 4.78 is 26.6. The molecule has 1 fully saturated rings. The minimum absolute atomic E-state index is 0.337. The van der Waals surface area contributed by atoms with Crippen LogP contribution in [0.1, 0.15) is 36.1 Å². The van der Waals surface area contributed by atoms with Crippen molar-refractivity contribution in [2.24, 2.45) is 5.92 Å². The molecule has 2 aromatic rings. The summed E-state index contributed by atoms with van der Waals surface area (Å²) in [6.45, 7) is 3.19. The Morgan fingerprint density at radius 3 is 2.50 bits per heavy atom. The first-order valence-corrected chi connectivity index (χ1v) is 8.61. The van der Waals surface area contributed by atoms with Crippen LogP contribution >= 0.6 is 0 Å². The molecule has 0 saturated carbocycles. The van der Waals surface area contributed by atoms with E-state index in [0.29, 0.717) is 18.0 Å². The standard InChI is InChI=1S/C19H20F2N4O/c20-19(21)17-9-18(26)25(13-23-17)12-16-5-7-24(8-6-16)11-15-3-1-14(10-22)2-4-15/h1-4,9,13,16,19H,5-8,11-12H2. The fraction of sp³-hybridized carbons (Fsp3) is 0.421. The van der Waals surface area contributed by atoms with Crippen molar-refractivity contribution in [1.82, 2.24) is 14.5 Å². The van der Waals surface area contributed by atoms with Crippen LogP contribution in [0.3, 0.4) is 0 Å². The van der Waals surface area contributed by atoms with Gasteiger partial charge >= 0.3 is 0 Å². The van der Waals surface area contributed by atoms with Crippen molar-refractivity contribution in [3.05, 3.63) is 63.8 Å². The Bertz CT molecular complexity index is 834. The van der Waals surface area contributed by atoms with Crippen molar-refractivity contribution in [2.75, 3.05) is 13.1 Å². The van der Waals surface area contributed by atoms with Crippen LogP contribution in [0.25, 0.3) is 0 Å². The van der Waals surface area contributed by atoms with E-state index in [0.717, 1.165) is 38.5 Å². The Labute approximate surface area is 150 Å². The Morgan fingerprint density at radius 2 is 1.92 bits per heavy atom. The van der Waals surface area contributed by atoms with Crippen LogP contribution in [-0.4, -0.2) is 27.5 Å². The van der Waals surface area contributed by atoms with Gasteiger partial charge in [0.15, 0.2) is 0 Å². The quantitative estimate of drug-likeness (QED) is 0.824. The molecular formula is C19H20F2N4O. The monoisotopic (exact) mass is 358 g/mol. The van der Waals surface area contributed by atoms with E-state index in [4.69, 9.17) is 5.26 Å². The highest BCUT2D eigenvalue weighted by Gasteiger charge is 2.20. The Hall–Kier alpha value is -2.59. The number of halogens is 2. The smallest absolute Gasteiger partial charge is 0.280 e. The first-order valence-electron chi connectivity index (χ1n) is 8.61. The summed E-state index contributed by atoms with van der Waals surface area (Å²) in [5.41, 5.74) is 0.939. The zero-order valence-electron chi connectivity index (χ0n) is 14.3. The van der Waals surface area contributed by atoms with Gasteiger partial charge in [0, 0.05) is 19.2 Å². The number of rotatable bonds is 5.